The molecule has 0 bridgehead atoms. The molecule has 6 aromatic carbocycles. The molecular formula is C43H21N7. The van der Waals surface area contributed by atoms with Crippen molar-refractivity contribution in [3.63, 3.8) is 0 Å². The Morgan fingerprint density at radius 1 is 0.480 bits per heavy atom. The lowest BCUT2D eigenvalue weighted by Crippen LogP contribution is -2.00. The van der Waals surface area contributed by atoms with Crippen LogP contribution in [0.25, 0.3) is 87.3 Å². The number of benzene rings is 6. The van der Waals surface area contributed by atoms with E-state index in [0.29, 0.717) is 50.5 Å². The summed E-state index contributed by atoms with van der Waals surface area (Å²) in [7, 11) is 0. The molecule has 0 amide bonds. The average Bonchev–Trinajstić information content (AvgIpc) is 3.19. The van der Waals surface area contributed by atoms with Crippen LogP contribution in [0.3, 0.4) is 0 Å². The quantitative estimate of drug-likeness (QED) is 0.142. The molecule has 0 atom stereocenters. The Morgan fingerprint density at radius 2 is 1.10 bits per heavy atom. The van der Waals surface area contributed by atoms with Crippen molar-refractivity contribution in [1.29, 1.82) is 10.5 Å². The molecular weight excluding hydrogens is 615 g/mol. The lowest BCUT2D eigenvalue weighted by molar-refractivity contribution is 1.30. The summed E-state index contributed by atoms with van der Waals surface area (Å²) in [5.41, 5.74) is 9.67. The van der Waals surface area contributed by atoms with Crippen molar-refractivity contribution in [2.24, 2.45) is 0 Å². The number of rotatable bonds is 4. The number of nitrogens with zero attached hydrogens (tertiary/aromatic N) is 7. The number of hydrogen-bond donors (Lipinski definition) is 0. The van der Waals surface area contributed by atoms with Crippen molar-refractivity contribution in [3.05, 3.63) is 161 Å². The maximum absolute atomic E-state index is 9.93. The minimum absolute atomic E-state index is 0.358. The van der Waals surface area contributed by atoms with Crippen LogP contribution in [-0.2, 0) is 0 Å². The van der Waals surface area contributed by atoms with Crippen LogP contribution in [0.5, 0.6) is 0 Å². The third kappa shape index (κ3) is 5.02. The van der Waals surface area contributed by atoms with E-state index in [1.807, 2.05) is 84.9 Å². The molecule has 0 saturated carbocycles. The first-order valence-corrected chi connectivity index (χ1v) is 15.6. The Labute approximate surface area is 287 Å². The molecule has 8 aromatic rings. The summed E-state index contributed by atoms with van der Waals surface area (Å²) in [6, 6.07) is 44.0. The van der Waals surface area contributed by atoms with Gasteiger partial charge in [0.15, 0.2) is 11.4 Å². The van der Waals surface area contributed by atoms with Gasteiger partial charge in [-0.25, -0.2) is 24.6 Å². The minimum Gasteiger partial charge on any atom is -0.247 e. The molecule has 0 saturated heterocycles. The van der Waals surface area contributed by atoms with Crippen molar-refractivity contribution >= 4 is 44.1 Å². The number of nitriles is 2. The lowest BCUT2D eigenvalue weighted by Gasteiger charge is -2.18. The van der Waals surface area contributed by atoms with E-state index in [1.54, 1.807) is 42.5 Å². The molecule has 0 aliphatic rings. The second kappa shape index (κ2) is 12.1. The molecule has 0 N–H and O–H groups in total. The minimum atomic E-state index is 0.358. The van der Waals surface area contributed by atoms with Crippen molar-refractivity contribution < 1.29 is 0 Å². The standard InChI is InChI=1S/C43H21N7/c1-46-32-18-16-30(17-19-32)41-42(29-14-12-26(24-44)13-15-29)50-43-37(49-41)23-35(31-20-27(25-45)21-33(22-31)47-2)38-34-10-6-7-11-36(34)48-40(39(38)43)28-8-4-3-5-9-28/h3-23H. The maximum atomic E-state index is 9.93. The van der Waals surface area contributed by atoms with Crippen LogP contribution >= 0.6 is 0 Å². The molecule has 0 aliphatic carbocycles. The highest BCUT2D eigenvalue weighted by atomic mass is 14.8. The molecule has 50 heavy (non-hydrogen) atoms. The van der Waals surface area contributed by atoms with Crippen molar-refractivity contribution in [3.8, 4) is 57.0 Å². The first kappa shape index (κ1) is 29.7. The van der Waals surface area contributed by atoms with Gasteiger partial charge in [0, 0.05) is 32.8 Å². The summed E-state index contributed by atoms with van der Waals surface area (Å²) in [5.74, 6) is 0. The summed E-state index contributed by atoms with van der Waals surface area (Å²) in [6.45, 7) is 15.2. The van der Waals surface area contributed by atoms with E-state index in [9.17, 15) is 10.5 Å². The third-order valence-corrected chi connectivity index (χ3v) is 8.69. The molecule has 2 aromatic heterocycles. The van der Waals surface area contributed by atoms with Gasteiger partial charge in [0.1, 0.15) is 0 Å². The molecule has 0 radical (unpaired) electrons. The van der Waals surface area contributed by atoms with Gasteiger partial charge in [0.25, 0.3) is 0 Å². The molecule has 2 heterocycles. The SMILES string of the molecule is [C-]#[N+]c1ccc(-c2nc3cc(-c4cc(C#N)cc([N+]#[C-])c4)c4c5ccccc5nc(-c5ccccc5)c4c3nc2-c2ccc(C#N)cc2)cc1. The summed E-state index contributed by atoms with van der Waals surface area (Å²) < 4.78 is 0. The predicted molar refractivity (Wildman–Crippen MR) is 196 cm³/mol. The zero-order valence-corrected chi connectivity index (χ0v) is 26.3. The van der Waals surface area contributed by atoms with Crippen LogP contribution in [0.2, 0.25) is 0 Å². The zero-order valence-electron chi connectivity index (χ0n) is 26.3. The Bertz CT molecular complexity index is 2800. The monoisotopic (exact) mass is 635 g/mol. The van der Waals surface area contributed by atoms with Crippen LogP contribution in [0, 0.1) is 35.8 Å². The molecule has 0 fully saturated rings. The molecule has 228 valence electrons. The van der Waals surface area contributed by atoms with Crippen LogP contribution in [0.15, 0.2) is 127 Å². The Hall–Kier alpha value is -7.71. The molecule has 0 unspecified atom stereocenters. The van der Waals surface area contributed by atoms with Crippen molar-refractivity contribution in [1.82, 2.24) is 15.0 Å². The first-order valence-electron chi connectivity index (χ1n) is 15.6. The summed E-state index contributed by atoms with van der Waals surface area (Å²) in [4.78, 5) is 23.1. The second-order valence-electron chi connectivity index (χ2n) is 11.6. The van der Waals surface area contributed by atoms with E-state index in [4.69, 9.17) is 28.1 Å². The highest BCUT2D eigenvalue weighted by Gasteiger charge is 2.22. The van der Waals surface area contributed by atoms with Crippen molar-refractivity contribution in [2.75, 3.05) is 0 Å². The Balaban J connectivity index is 1.59. The van der Waals surface area contributed by atoms with Crippen molar-refractivity contribution in [2.45, 2.75) is 0 Å². The lowest BCUT2D eigenvalue weighted by atomic mass is 9.90. The van der Waals surface area contributed by atoms with Crippen LogP contribution < -0.4 is 0 Å². The molecule has 0 aliphatic heterocycles. The third-order valence-electron chi connectivity index (χ3n) is 8.69. The van der Waals surface area contributed by atoms with Crippen LogP contribution in [0.1, 0.15) is 11.1 Å². The average molecular weight is 636 g/mol. The summed E-state index contributed by atoms with van der Waals surface area (Å²) in [5, 5.41) is 22.0. The normalized spacial score (nSPS) is 10.7. The van der Waals surface area contributed by atoms with Gasteiger partial charge in [-0.3, -0.25) is 0 Å². The molecule has 0 spiro atoms. The second-order valence-corrected chi connectivity index (χ2v) is 11.6. The molecule has 7 nitrogen and oxygen atoms in total. The summed E-state index contributed by atoms with van der Waals surface area (Å²) in [6.07, 6.45) is 0. The Kier molecular flexibility index (Phi) is 7.21. The van der Waals surface area contributed by atoms with Crippen LogP contribution in [0.4, 0.5) is 11.4 Å². The number of aromatic nitrogens is 3. The highest BCUT2D eigenvalue weighted by molar-refractivity contribution is 6.25. The zero-order chi connectivity index (χ0) is 34.2. The van der Waals surface area contributed by atoms with Gasteiger partial charge in [-0.15, -0.1) is 0 Å². The van der Waals surface area contributed by atoms with Gasteiger partial charge in [0.05, 0.1) is 64.5 Å². The predicted octanol–water partition coefficient (Wildman–Crippen LogP) is 10.8. The highest BCUT2D eigenvalue weighted by Crippen LogP contribution is 2.44. The number of hydrogen-bond acceptors (Lipinski definition) is 5. The van der Waals surface area contributed by atoms with Gasteiger partial charge >= 0.3 is 0 Å². The first-order chi connectivity index (χ1) is 24.6. The van der Waals surface area contributed by atoms with Crippen LogP contribution in [-0.4, -0.2) is 15.0 Å². The molecule has 8 rings (SSSR count). The van der Waals surface area contributed by atoms with E-state index in [1.165, 1.54) is 0 Å². The van der Waals surface area contributed by atoms with Gasteiger partial charge in [-0.2, -0.15) is 10.5 Å². The number of fused-ring (bicyclic) bond motifs is 5. The van der Waals surface area contributed by atoms with Gasteiger partial charge in [-0.1, -0.05) is 84.9 Å². The van der Waals surface area contributed by atoms with E-state index in [2.05, 4.69) is 21.8 Å². The fourth-order valence-electron chi connectivity index (χ4n) is 6.39. The van der Waals surface area contributed by atoms with Gasteiger partial charge in [0.2, 0.25) is 0 Å². The largest absolute Gasteiger partial charge is 0.247 e. The fourth-order valence-corrected chi connectivity index (χ4v) is 6.39. The van der Waals surface area contributed by atoms with E-state index >= 15 is 0 Å². The summed E-state index contributed by atoms with van der Waals surface area (Å²) >= 11 is 0. The topological polar surface area (TPSA) is 95.0 Å². The van der Waals surface area contributed by atoms with Gasteiger partial charge < -0.3 is 0 Å². The smallest absolute Gasteiger partial charge is 0.189 e. The fraction of sp³-hybridized carbons (Fsp3) is 0. The van der Waals surface area contributed by atoms with E-state index in [0.717, 1.165) is 49.6 Å². The number of para-hydroxylation sites is 1. The Morgan fingerprint density at radius 3 is 1.80 bits per heavy atom. The van der Waals surface area contributed by atoms with Gasteiger partial charge in [-0.05, 0) is 59.2 Å². The maximum Gasteiger partial charge on any atom is 0.189 e. The van der Waals surface area contributed by atoms with E-state index < -0.39 is 0 Å². The number of pyridine rings is 1. The van der Waals surface area contributed by atoms with E-state index in [-0.39, 0.29) is 0 Å². The molecule has 7 heteroatoms.